The summed E-state index contributed by atoms with van der Waals surface area (Å²) in [6.45, 7) is 4.38. The molecule has 4 rings (SSSR count). The Morgan fingerprint density at radius 2 is 1.55 bits per heavy atom. The van der Waals surface area contributed by atoms with Gasteiger partial charge in [0, 0.05) is 17.2 Å². The van der Waals surface area contributed by atoms with Crippen LogP contribution < -0.4 is 14.4 Å². The van der Waals surface area contributed by atoms with Crippen molar-refractivity contribution < 1.29 is 19.2 Å². The van der Waals surface area contributed by atoms with E-state index in [0.29, 0.717) is 17.1 Å². The first kappa shape index (κ1) is 19.3. The van der Waals surface area contributed by atoms with Crippen LogP contribution in [0.3, 0.4) is 0 Å². The topological polar surface area (TPSA) is 43.2 Å². The Bertz CT molecular complexity index is 988. The van der Waals surface area contributed by atoms with Crippen molar-refractivity contribution in [2.75, 3.05) is 40.4 Å². The second-order valence-electron chi connectivity index (χ2n) is 7.50. The third-order valence-electron chi connectivity index (χ3n) is 5.62. The Hall–Kier alpha value is -3.05. The van der Waals surface area contributed by atoms with Crippen LogP contribution in [0.2, 0.25) is 0 Å². The standard InChI is InChI=1S/C24H26N2O3/c1-28-22-14-21(15-23(16-22)29-2)24(27)26-11-9-25(10-12-26)17-18-7-8-19-5-3-4-6-20(19)13-18/h3-8,13-16H,9-12,17H2,1-2H3/p+1. The zero-order chi connectivity index (χ0) is 20.2. The van der Waals surface area contributed by atoms with Gasteiger partial charge in [0.05, 0.1) is 40.4 Å². The number of hydrogen-bond acceptors (Lipinski definition) is 3. The summed E-state index contributed by atoms with van der Waals surface area (Å²) in [6.07, 6.45) is 0. The second-order valence-corrected chi connectivity index (χ2v) is 7.50. The largest absolute Gasteiger partial charge is 0.497 e. The summed E-state index contributed by atoms with van der Waals surface area (Å²) in [4.78, 5) is 16.4. The lowest BCUT2D eigenvalue weighted by Crippen LogP contribution is -3.13. The fourth-order valence-electron chi connectivity index (χ4n) is 3.95. The lowest BCUT2D eigenvalue weighted by molar-refractivity contribution is -0.917. The number of rotatable bonds is 5. The highest BCUT2D eigenvalue weighted by Gasteiger charge is 2.25. The molecule has 1 amide bonds. The number of nitrogens with zero attached hydrogens (tertiary/aromatic N) is 1. The van der Waals surface area contributed by atoms with Crippen LogP contribution in [0.4, 0.5) is 0 Å². The lowest BCUT2D eigenvalue weighted by atomic mass is 10.1. The van der Waals surface area contributed by atoms with E-state index >= 15 is 0 Å². The van der Waals surface area contributed by atoms with Crippen LogP contribution in [-0.2, 0) is 6.54 Å². The van der Waals surface area contributed by atoms with E-state index in [1.807, 2.05) is 4.90 Å². The number of methoxy groups -OCH3 is 2. The Kier molecular flexibility index (Phi) is 5.67. The molecule has 5 heteroatoms. The number of hydrogen-bond donors (Lipinski definition) is 1. The average molecular weight is 391 g/mol. The van der Waals surface area contributed by atoms with Gasteiger partial charge in [0.2, 0.25) is 0 Å². The van der Waals surface area contributed by atoms with Gasteiger partial charge in [-0.25, -0.2) is 0 Å². The van der Waals surface area contributed by atoms with Crippen molar-refractivity contribution in [3.63, 3.8) is 0 Å². The monoisotopic (exact) mass is 391 g/mol. The molecule has 1 aliphatic rings. The molecular formula is C24H27N2O3+. The van der Waals surface area contributed by atoms with Crippen LogP contribution >= 0.6 is 0 Å². The first-order chi connectivity index (χ1) is 14.2. The van der Waals surface area contributed by atoms with E-state index in [1.165, 1.54) is 21.2 Å². The summed E-state index contributed by atoms with van der Waals surface area (Å²) in [5.74, 6) is 1.30. The summed E-state index contributed by atoms with van der Waals surface area (Å²) >= 11 is 0. The smallest absolute Gasteiger partial charge is 0.254 e. The molecule has 0 unspecified atom stereocenters. The summed E-state index contributed by atoms with van der Waals surface area (Å²) in [5.41, 5.74) is 1.95. The Balaban J connectivity index is 1.39. The maximum absolute atomic E-state index is 13.0. The number of carbonyl (C=O) groups excluding carboxylic acids is 1. The molecule has 1 N–H and O–H groups in total. The van der Waals surface area contributed by atoms with Gasteiger partial charge >= 0.3 is 0 Å². The molecule has 3 aromatic carbocycles. The number of quaternary nitrogens is 1. The van der Waals surface area contributed by atoms with Crippen LogP contribution in [-0.4, -0.2) is 51.2 Å². The normalized spacial score (nSPS) is 14.8. The zero-order valence-electron chi connectivity index (χ0n) is 17.0. The number of amides is 1. The predicted octanol–water partition coefficient (Wildman–Crippen LogP) is 2.40. The fraction of sp³-hybridized carbons (Fsp3) is 0.292. The van der Waals surface area contributed by atoms with Crippen LogP contribution in [0, 0.1) is 0 Å². The van der Waals surface area contributed by atoms with E-state index in [1.54, 1.807) is 32.4 Å². The predicted molar refractivity (Wildman–Crippen MR) is 114 cm³/mol. The van der Waals surface area contributed by atoms with E-state index in [9.17, 15) is 4.79 Å². The van der Waals surface area contributed by atoms with Crippen molar-refractivity contribution in [2.24, 2.45) is 0 Å². The molecule has 29 heavy (non-hydrogen) atoms. The number of piperazine rings is 1. The minimum absolute atomic E-state index is 0.0342. The number of carbonyl (C=O) groups is 1. The van der Waals surface area contributed by atoms with Gasteiger partial charge in [-0.15, -0.1) is 0 Å². The molecule has 0 aromatic heterocycles. The maximum atomic E-state index is 13.0. The van der Waals surface area contributed by atoms with Gasteiger partial charge in [0.15, 0.2) is 0 Å². The first-order valence-electron chi connectivity index (χ1n) is 10.00. The number of fused-ring (bicyclic) bond motifs is 1. The van der Waals surface area contributed by atoms with Crippen LogP contribution in [0.1, 0.15) is 15.9 Å². The van der Waals surface area contributed by atoms with Crippen molar-refractivity contribution in [3.8, 4) is 11.5 Å². The Morgan fingerprint density at radius 3 is 2.21 bits per heavy atom. The molecular weight excluding hydrogens is 364 g/mol. The molecule has 0 spiro atoms. The quantitative estimate of drug-likeness (QED) is 0.726. The number of ether oxygens (including phenoxy) is 2. The van der Waals surface area contributed by atoms with E-state index < -0.39 is 0 Å². The van der Waals surface area contributed by atoms with Crippen molar-refractivity contribution in [2.45, 2.75) is 6.54 Å². The SMILES string of the molecule is COc1cc(OC)cc(C(=O)N2CC[NH+](Cc3ccc4ccccc4c3)CC2)c1. The Labute approximate surface area is 171 Å². The third kappa shape index (κ3) is 4.35. The van der Waals surface area contributed by atoms with Crippen molar-refractivity contribution in [1.82, 2.24) is 4.90 Å². The van der Waals surface area contributed by atoms with Crippen molar-refractivity contribution in [3.05, 3.63) is 71.8 Å². The van der Waals surface area contributed by atoms with Gasteiger partial charge in [-0.05, 0) is 29.0 Å². The fourth-order valence-corrected chi connectivity index (χ4v) is 3.95. The van der Waals surface area contributed by atoms with Crippen molar-refractivity contribution in [1.29, 1.82) is 0 Å². The maximum Gasteiger partial charge on any atom is 0.254 e. The van der Waals surface area contributed by atoms with Crippen molar-refractivity contribution >= 4 is 16.7 Å². The highest BCUT2D eigenvalue weighted by atomic mass is 16.5. The van der Waals surface area contributed by atoms with Crippen LogP contribution in [0.25, 0.3) is 10.8 Å². The molecule has 1 fully saturated rings. The molecule has 1 aliphatic heterocycles. The van der Waals surface area contributed by atoms with Gasteiger partial charge in [0.25, 0.3) is 5.91 Å². The lowest BCUT2D eigenvalue weighted by Gasteiger charge is -2.32. The van der Waals surface area contributed by atoms with Crippen LogP contribution in [0.5, 0.6) is 11.5 Å². The molecule has 0 bridgehead atoms. The summed E-state index contributed by atoms with van der Waals surface area (Å²) in [7, 11) is 3.19. The molecule has 0 saturated carbocycles. The minimum Gasteiger partial charge on any atom is -0.497 e. The molecule has 3 aromatic rings. The molecule has 150 valence electrons. The summed E-state index contributed by atoms with van der Waals surface area (Å²) in [6, 6.07) is 20.5. The number of benzene rings is 3. The molecule has 1 heterocycles. The molecule has 0 atom stereocenters. The highest BCUT2D eigenvalue weighted by Crippen LogP contribution is 2.23. The molecule has 1 saturated heterocycles. The van der Waals surface area contributed by atoms with Crippen LogP contribution in [0.15, 0.2) is 60.7 Å². The molecule has 0 aliphatic carbocycles. The summed E-state index contributed by atoms with van der Waals surface area (Å²) < 4.78 is 10.6. The van der Waals surface area contributed by atoms with E-state index in [0.717, 1.165) is 32.7 Å². The number of nitrogens with one attached hydrogen (secondary N) is 1. The van der Waals surface area contributed by atoms with E-state index in [-0.39, 0.29) is 5.91 Å². The average Bonchev–Trinajstić information content (AvgIpc) is 2.78. The van der Waals surface area contributed by atoms with E-state index in [2.05, 4.69) is 42.5 Å². The first-order valence-corrected chi connectivity index (χ1v) is 10.00. The van der Waals surface area contributed by atoms with Gasteiger partial charge in [-0.3, -0.25) is 4.79 Å². The molecule has 5 nitrogen and oxygen atoms in total. The second kappa shape index (κ2) is 8.53. The van der Waals surface area contributed by atoms with Gasteiger partial charge in [-0.2, -0.15) is 0 Å². The van der Waals surface area contributed by atoms with Gasteiger partial charge in [0.1, 0.15) is 18.0 Å². The summed E-state index contributed by atoms with van der Waals surface area (Å²) in [5, 5.41) is 2.56. The Morgan fingerprint density at radius 1 is 0.897 bits per heavy atom. The van der Waals surface area contributed by atoms with Gasteiger partial charge in [-0.1, -0.05) is 36.4 Å². The minimum atomic E-state index is 0.0342. The van der Waals surface area contributed by atoms with E-state index in [4.69, 9.17) is 9.47 Å². The third-order valence-corrected chi connectivity index (χ3v) is 5.62. The van der Waals surface area contributed by atoms with Gasteiger partial charge < -0.3 is 19.3 Å². The zero-order valence-corrected chi connectivity index (χ0v) is 17.0. The molecule has 0 radical (unpaired) electrons. The highest BCUT2D eigenvalue weighted by molar-refractivity contribution is 5.95.